The predicted molar refractivity (Wildman–Crippen MR) is 336 cm³/mol. The van der Waals surface area contributed by atoms with E-state index in [2.05, 4.69) is 78.7 Å². The van der Waals surface area contributed by atoms with Crippen molar-refractivity contribution in [3.8, 4) is 49.4 Å². The normalized spacial score (nSPS) is 32.2. The molecule has 0 amide bonds. The van der Waals surface area contributed by atoms with Crippen molar-refractivity contribution in [3.05, 3.63) is 89.0 Å². The van der Waals surface area contributed by atoms with Crippen molar-refractivity contribution in [1.82, 2.24) is 38.2 Å². The number of ether oxygens (including phenoxy) is 4. The van der Waals surface area contributed by atoms with Gasteiger partial charge in [0.1, 0.15) is 96.5 Å². The van der Waals surface area contributed by atoms with Crippen LogP contribution >= 0.6 is 75.5 Å². The first-order valence-electron chi connectivity index (χ1n) is 27.0. The van der Waals surface area contributed by atoms with Crippen LogP contribution in [0.5, 0.6) is 0 Å². The number of aromatic nitrogens is 8. The van der Waals surface area contributed by atoms with Crippen LogP contribution in [0.3, 0.4) is 0 Å². The Morgan fingerprint density at radius 3 is 1.02 bits per heavy atom. The van der Waals surface area contributed by atoms with E-state index in [-0.39, 0.29) is 45.5 Å². The molecule has 5 aliphatic rings. The molecule has 50 nitrogen and oxygen atoms in total. The third-order valence-corrected chi connectivity index (χ3v) is 23.6. The van der Waals surface area contributed by atoms with Gasteiger partial charge in [0, 0.05) is 24.8 Å². The van der Waals surface area contributed by atoms with Crippen molar-refractivity contribution in [2.75, 3.05) is 49.4 Å². The summed E-state index contributed by atoms with van der Waals surface area (Å²) in [5.74, 6) is 7.98. The third kappa shape index (κ3) is 22.1. The fourth-order valence-corrected chi connectivity index (χ4v) is 17.4. The molecule has 0 aromatic carbocycles. The summed E-state index contributed by atoms with van der Waals surface area (Å²) in [6.07, 6.45) is -2.05. The van der Waals surface area contributed by atoms with Crippen LogP contribution in [0.1, 0.15) is 47.2 Å². The fraction of sp³-hybridized carbons (Fsp3) is 0.455. The lowest BCUT2D eigenvalue weighted by molar-refractivity contribution is -0.0549. The molecule has 4 aromatic rings. The Bertz CT molecular complexity index is 4600. The molecule has 8 unspecified atom stereocenters. The highest BCUT2D eigenvalue weighted by Crippen LogP contribution is 2.80. The summed E-state index contributed by atoms with van der Waals surface area (Å²) < 4.78 is 137. The molecule has 0 spiro atoms. The number of nitrogens with two attached hydrogens (primary N) is 4. The number of hydrogen-bond donors (Lipinski definition) is 19. The van der Waals surface area contributed by atoms with E-state index in [9.17, 15) is 107 Å². The highest BCUT2D eigenvalue weighted by molar-refractivity contribution is 8.05. The molecule has 0 radical (unpaired) electrons. The fourth-order valence-electron chi connectivity index (χ4n) is 8.77. The standard InChI is InChI=1S/C11H12Cl2N3O6P.C11H16N3O14P3.C11H14N3O13P3.C11H13N3O5/c1-2-5-3-16(11(19)15-9(5)14)10-8(18)7(17)6(22-10)4-21-23(12,13)20;1-2-5-3-14(11(17)13-9(5)12)10-8(16)7(15)6(26-10)4-25-30(21,22)28-31(23,24)27-29(18,19)20;1-2-5-3-14(11(17)13-9(5)12)10-8(16)7(15)6(24-10)4-23-30(22)26-28(18,19)25-29(20,21)27-30;1-2-5-3-14(11(18)13-9(5)12)10-8(17)7(16)6(4-15)19-10/h1,3,6-8,10,17-18H,4H2,(H2,14,15,19);1,3,6-8,10,15-16H,4H2,(H,21,22)(H,23,24)(H2,12,13,17)(H2,18,19,20);1,3,6-8,10,15-16H,4H2,(H,18,19)(H,20,21)(H2,12,13,17);1,3,6-8,10,15-17H,4H2,(H2,12,13,18)/t4*6-,7?,8+,10-/m1111/s1. The molecule has 9 heterocycles. The number of anilines is 4. The molecule has 4 aromatic heterocycles. The number of rotatable bonds is 18. The minimum Gasteiger partial charge on any atom is -0.394 e. The van der Waals surface area contributed by atoms with Crippen LogP contribution in [0, 0.1) is 49.4 Å². The van der Waals surface area contributed by atoms with Crippen molar-refractivity contribution in [1.29, 1.82) is 0 Å². The van der Waals surface area contributed by atoms with Crippen molar-refractivity contribution in [2.45, 2.75) is 98.2 Å². The van der Waals surface area contributed by atoms with E-state index in [4.69, 9.17) is 110 Å². The highest BCUT2D eigenvalue weighted by Gasteiger charge is 2.56. The Morgan fingerprint density at radius 2 is 0.748 bits per heavy atom. The molecule has 9 rings (SSSR count). The van der Waals surface area contributed by atoms with E-state index in [1.54, 1.807) is 0 Å². The van der Waals surface area contributed by atoms with E-state index in [0.29, 0.717) is 4.57 Å². The Labute approximate surface area is 582 Å². The van der Waals surface area contributed by atoms with Gasteiger partial charge in [0.15, 0.2) is 24.9 Å². The Balaban J connectivity index is 0.000000219. The average Bonchev–Trinajstić information content (AvgIpc) is 1.75. The van der Waals surface area contributed by atoms with Gasteiger partial charge in [-0.15, -0.1) is 25.7 Å². The number of phosphoric ester groups is 1. The van der Waals surface area contributed by atoms with Crippen LogP contribution in [0.2, 0.25) is 0 Å². The first kappa shape index (κ1) is 86.0. The van der Waals surface area contributed by atoms with Crippen molar-refractivity contribution >= 4 is 98.8 Å². The first-order chi connectivity index (χ1) is 47.4. The van der Waals surface area contributed by atoms with Gasteiger partial charge >= 0.3 is 75.8 Å². The van der Waals surface area contributed by atoms with Crippen LogP contribution in [0.15, 0.2) is 44.0 Å². The van der Waals surface area contributed by atoms with Gasteiger partial charge in [-0.25, -0.2) is 46.6 Å². The van der Waals surface area contributed by atoms with Crippen LogP contribution in [0.25, 0.3) is 0 Å². The van der Waals surface area contributed by atoms with Crippen molar-refractivity contribution in [2.24, 2.45) is 0 Å². The molecule has 0 aliphatic carbocycles. The van der Waals surface area contributed by atoms with E-state index < -0.39 is 200 Å². The first-order valence-corrected chi connectivity index (χ1v) is 39.4. The molecular weight excluding hydrogens is 1590 g/mol. The van der Waals surface area contributed by atoms with Crippen LogP contribution in [-0.4, -0.2) is 213 Å². The minimum atomic E-state index is -5.74. The number of phosphoric acid groups is 6. The van der Waals surface area contributed by atoms with Gasteiger partial charge in [-0.2, -0.15) is 41.5 Å². The highest BCUT2D eigenvalue weighted by atomic mass is 35.9. The number of terminal acetylenes is 4. The molecule has 23 N–H and O–H groups in total. The Hall–Kier alpha value is -5.93. The van der Waals surface area contributed by atoms with Crippen LogP contribution < -0.4 is 45.7 Å². The summed E-state index contributed by atoms with van der Waals surface area (Å²) in [6.45, 7) is -2.95. The zero-order valence-electron chi connectivity index (χ0n) is 50.6. The number of hydrogen-bond acceptors (Lipinski definition) is 40. The number of aliphatic hydroxyl groups is 9. The number of nitrogens with zero attached hydrogens (tertiary/aromatic N) is 8. The molecule has 0 bridgehead atoms. The molecule has 103 heavy (non-hydrogen) atoms. The van der Waals surface area contributed by atoms with Gasteiger partial charge < -0.3 is 122 Å². The minimum absolute atomic E-state index is 0.00886. The second-order valence-electron chi connectivity index (χ2n) is 20.4. The third-order valence-electron chi connectivity index (χ3n) is 13.4. The summed E-state index contributed by atoms with van der Waals surface area (Å²) in [7, 11) is -32.5. The summed E-state index contributed by atoms with van der Waals surface area (Å²) in [6, 6.07) is 0. The average molecular weight is 1650 g/mol. The predicted octanol–water partition coefficient (Wildman–Crippen LogP) is -5.97. The molecule has 5 saturated heterocycles. The van der Waals surface area contributed by atoms with Crippen LogP contribution in [-0.2, 0) is 86.0 Å². The zero-order valence-corrected chi connectivity index (χ0v) is 58.3. The van der Waals surface area contributed by atoms with E-state index in [0.717, 1.165) is 26.1 Å². The lowest BCUT2D eigenvalue weighted by Crippen LogP contribution is -2.36. The lowest BCUT2D eigenvalue weighted by Gasteiger charge is -2.27. The van der Waals surface area contributed by atoms with Gasteiger partial charge in [0.25, 0.3) is 0 Å². The monoisotopic (exact) mass is 1650 g/mol. The summed E-state index contributed by atoms with van der Waals surface area (Å²) in [5, 5.41) is 88.9. The Kier molecular flexibility index (Phi) is 28.3. The number of nitrogen functional groups attached to an aromatic ring is 4. The summed E-state index contributed by atoms with van der Waals surface area (Å²) >= 11 is 10.5. The van der Waals surface area contributed by atoms with E-state index >= 15 is 0 Å². The smallest absolute Gasteiger partial charge is 0.394 e. The van der Waals surface area contributed by atoms with Crippen molar-refractivity contribution in [3.63, 3.8) is 0 Å². The largest absolute Gasteiger partial charge is 0.492 e. The Morgan fingerprint density at radius 1 is 0.466 bits per heavy atom. The molecule has 5 fully saturated rings. The second-order valence-corrected chi connectivity index (χ2v) is 34.1. The van der Waals surface area contributed by atoms with E-state index in [1.165, 1.54) is 12.4 Å². The second kappa shape index (κ2) is 33.9. The maximum Gasteiger partial charge on any atom is 0.492 e. The van der Waals surface area contributed by atoms with Crippen molar-refractivity contribution < 1.29 is 161 Å². The van der Waals surface area contributed by atoms with E-state index in [1.807, 2.05) is 0 Å². The zero-order chi connectivity index (χ0) is 77.8. The number of halogens is 2. The molecular formula is C44H55Cl2N12O38P7. The quantitative estimate of drug-likeness (QED) is 0.0326. The van der Waals surface area contributed by atoms with Gasteiger partial charge in [-0.05, 0) is 22.5 Å². The topological polar surface area (TPSA) is 777 Å². The molecule has 0 saturated carbocycles. The molecule has 568 valence electrons. The molecule has 5 aliphatic heterocycles. The maximum absolute atomic E-state index is 12.2. The lowest BCUT2D eigenvalue weighted by atomic mass is 10.1. The molecule has 59 heteroatoms. The van der Waals surface area contributed by atoms with Gasteiger partial charge in [0.2, 0.25) is 0 Å². The SMILES string of the molecule is C#Cc1cn([C@@H]2O[C@H](CO)C(O)[C@@H]2O)c(=O)nc1N.C#Cc1cn([C@@H]2O[C@H](COP(=O)(Cl)Cl)C(O)[C@@H]2O)c(=O)nc1N.C#Cc1cn([C@@H]2O[C@H](COP(=O)(O)OP(=O)(O)OP(=O)(O)O)C(O)[C@@H]2O)c(=O)nc1N.C#Cc1cn([C@@H]2O[C@H](COP3(=O)OP(=O)(O)OP(=O)(O)O3)C(O)[C@@H]2O)c(=O)nc1N. The molecule has 20 atom stereocenters. The summed E-state index contributed by atoms with van der Waals surface area (Å²) in [4.78, 5) is 115. The van der Waals surface area contributed by atoms with Gasteiger partial charge in [-0.3, -0.25) is 31.9 Å². The number of aliphatic hydroxyl groups excluding tert-OH is 9. The van der Waals surface area contributed by atoms with Crippen LogP contribution in [0.4, 0.5) is 23.3 Å². The summed E-state index contributed by atoms with van der Waals surface area (Å²) in [5.41, 5.74) is 18.5. The van der Waals surface area contributed by atoms with Gasteiger partial charge in [-0.1, -0.05) is 23.7 Å². The van der Waals surface area contributed by atoms with Gasteiger partial charge in [0.05, 0.1) is 48.7 Å². The maximum atomic E-state index is 12.2.